The third-order valence-electron chi connectivity index (χ3n) is 1.64. The Kier molecular flexibility index (Phi) is 3.42. The van der Waals surface area contributed by atoms with Crippen LogP contribution in [0.4, 0.5) is 13.2 Å². The van der Waals surface area contributed by atoms with Gasteiger partial charge >= 0.3 is 6.36 Å². The van der Waals surface area contributed by atoms with Crippen molar-refractivity contribution in [1.82, 2.24) is 0 Å². The first-order valence-corrected chi connectivity index (χ1v) is 4.76. The monoisotopic (exact) mass is 268 g/mol. The van der Waals surface area contributed by atoms with E-state index in [4.69, 9.17) is 0 Å². The molecule has 0 atom stereocenters. The third kappa shape index (κ3) is 3.21. The quantitative estimate of drug-likeness (QED) is 0.790. The molecule has 0 heterocycles. The van der Waals surface area contributed by atoms with E-state index >= 15 is 0 Å². The van der Waals surface area contributed by atoms with Crippen LogP contribution >= 0.6 is 15.9 Å². The second-order valence-electron chi connectivity index (χ2n) is 2.65. The van der Waals surface area contributed by atoms with Crippen LogP contribution in [0.3, 0.4) is 0 Å². The van der Waals surface area contributed by atoms with E-state index in [0.717, 1.165) is 0 Å². The van der Waals surface area contributed by atoms with Gasteiger partial charge in [0.25, 0.3) is 0 Å². The van der Waals surface area contributed by atoms with Gasteiger partial charge in [-0.25, -0.2) is 0 Å². The lowest BCUT2D eigenvalue weighted by molar-refractivity contribution is -0.274. The predicted octanol–water partition coefficient (Wildman–Crippen LogP) is 3.91. The summed E-state index contributed by atoms with van der Waals surface area (Å²) in [7, 11) is 0. The number of alkyl halides is 3. The molecule has 1 aromatic carbocycles. The molecule has 0 bridgehead atoms. The maximum Gasteiger partial charge on any atom is 0.573 e. The predicted molar refractivity (Wildman–Crippen MR) is 50.2 cm³/mol. The first kappa shape index (κ1) is 11.4. The van der Waals surface area contributed by atoms with Crippen molar-refractivity contribution in [2.75, 3.05) is 0 Å². The Morgan fingerprint density at radius 1 is 1.36 bits per heavy atom. The molecule has 0 aromatic heterocycles. The Morgan fingerprint density at radius 3 is 2.50 bits per heavy atom. The largest absolute Gasteiger partial charge is 0.573 e. The Hall–Kier alpha value is -0.710. The summed E-state index contributed by atoms with van der Waals surface area (Å²) in [5.41, 5.74) is 0.533. The van der Waals surface area contributed by atoms with Gasteiger partial charge in [-0.15, -0.1) is 13.2 Å². The van der Waals surface area contributed by atoms with Gasteiger partial charge in [-0.1, -0.05) is 28.9 Å². The highest BCUT2D eigenvalue weighted by molar-refractivity contribution is 9.10. The van der Waals surface area contributed by atoms with E-state index in [1.165, 1.54) is 6.07 Å². The minimum Gasteiger partial charge on any atom is -0.405 e. The standard InChI is InChI=1S/C9H8BrF3O/c1-2-6-3-4-7(10)5-8(6)14-9(11,12)13/h3-5H,2H2,1H3. The van der Waals surface area contributed by atoms with Crippen LogP contribution in [-0.2, 0) is 6.42 Å². The molecule has 0 unspecified atom stereocenters. The number of rotatable bonds is 2. The molecule has 0 aliphatic carbocycles. The van der Waals surface area contributed by atoms with Crippen LogP contribution in [0.2, 0.25) is 0 Å². The van der Waals surface area contributed by atoms with Crippen molar-refractivity contribution in [1.29, 1.82) is 0 Å². The first-order chi connectivity index (χ1) is 6.42. The molecule has 1 nitrogen and oxygen atoms in total. The fraction of sp³-hybridized carbons (Fsp3) is 0.333. The lowest BCUT2D eigenvalue weighted by Crippen LogP contribution is -2.18. The van der Waals surface area contributed by atoms with Gasteiger partial charge in [-0.05, 0) is 24.1 Å². The fourth-order valence-corrected chi connectivity index (χ4v) is 1.38. The van der Waals surface area contributed by atoms with Crippen LogP contribution in [0, 0.1) is 0 Å². The van der Waals surface area contributed by atoms with Gasteiger partial charge in [0.15, 0.2) is 0 Å². The van der Waals surface area contributed by atoms with Gasteiger partial charge in [-0.3, -0.25) is 0 Å². The Bertz CT molecular complexity index is 322. The van der Waals surface area contributed by atoms with Crippen molar-refractivity contribution in [3.8, 4) is 5.75 Å². The van der Waals surface area contributed by atoms with Crippen molar-refractivity contribution in [2.24, 2.45) is 0 Å². The molecule has 14 heavy (non-hydrogen) atoms. The van der Waals surface area contributed by atoms with E-state index in [-0.39, 0.29) is 5.75 Å². The molecule has 1 aromatic rings. The van der Waals surface area contributed by atoms with Crippen LogP contribution < -0.4 is 4.74 Å². The zero-order chi connectivity index (χ0) is 10.8. The number of benzene rings is 1. The summed E-state index contributed by atoms with van der Waals surface area (Å²) in [6.07, 6.45) is -4.14. The topological polar surface area (TPSA) is 9.23 Å². The van der Waals surface area contributed by atoms with Crippen LogP contribution in [0.25, 0.3) is 0 Å². The van der Waals surface area contributed by atoms with Crippen LogP contribution in [0.1, 0.15) is 12.5 Å². The molecule has 0 saturated carbocycles. The highest BCUT2D eigenvalue weighted by Gasteiger charge is 2.31. The average molecular weight is 269 g/mol. The second-order valence-corrected chi connectivity index (χ2v) is 3.57. The molecule has 78 valence electrons. The summed E-state index contributed by atoms with van der Waals surface area (Å²) < 4.78 is 40.3. The highest BCUT2D eigenvalue weighted by Crippen LogP contribution is 2.29. The number of ether oxygens (including phenoxy) is 1. The molecule has 0 saturated heterocycles. The van der Waals surface area contributed by atoms with E-state index in [9.17, 15) is 13.2 Å². The lowest BCUT2D eigenvalue weighted by Gasteiger charge is -2.12. The minimum absolute atomic E-state index is 0.144. The lowest BCUT2D eigenvalue weighted by atomic mass is 10.1. The maximum atomic E-state index is 12.0. The van der Waals surface area contributed by atoms with Crippen LogP contribution in [0.5, 0.6) is 5.75 Å². The molecule has 1 rings (SSSR count). The number of halogens is 4. The van der Waals surface area contributed by atoms with Crippen molar-refractivity contribution < 1.29 is 17.9 Å². The summed E-state index contributed by atoms with van der Waals surface area (Å²) in [5.74, 6) is -0.144. The number of aryl methyl sites for hydroxylation is 1. The van der Waals surface area contributed by atoms with Gasteiger partial charge in [-0.2, -0.15) is 0 Å². The summed E-state index contributed by atoms with van der Waals surface area (Å²) in [6.45, 7) is 1.77. The molecule has 0 spiro atoms. The molecule has 0 fully saturated rings. The van der Waals surface area contributed by atoms with E-state index in [1.54, 1.807) is 19.1 Å². The molecule has 0 aliphatic heterocycles. The third-order valence-corrected chi connectivity index (χ3v) is 2.13. The van der Waals surface area contributed by atoms with E-state index in [2.05, 4.69) is 20.7 Å². The second kappa shape index (κ2) is 4.21. The van der Waals surface area contributed by atoms with Gasteiger partial charge in [0, 0.05) is 4.47 Å². The van der Waals surface area contributed by atoms with E-state index in [1.807, 2.05) is 0 Å². The Morgan fingerprint density at radius 2 is 2.00 bits per heavy atom. The normalized spacial score (nSPS) is 11.5. The van der Waals surface area contributed by atoms with Gasteiger partial charge in [0.05, 0.1) is 0 Å². The van der Waals surface area contributed by atoms with Crippen molar-refractivity contribution >= 4 is 15.9 Å². The summed E-state index contributed by atoms with van der Waals surface area (Å²) in [5, 5.41) is 0. The number of hydrogen-bond donors (Lipinski definition) is 0. The summed E-state index contributed by atoms with van der Waals surface area (Å²) >= 11 is 3.09. The Balaban J connectivity index is 2.99. The van der Waals surface area contributed by atoms with Gasteiger partial charge in [0.1, 0.15) is 5.75 Å². The van der Waals surface area contributed by atoms with Crippen molar-refractivity contribution in [2.45, 2.75) is 19.7 Å². The zero-order valence-electron chi connectivity index (χ0n) is 7.36. The molecule has 5 heteroatoms. The zero-order valence-corrected chi connectivity index (χ0v) is 8.95. The van der Waals surface area contributed by atoms with E-state index in [0.29, 0.717) is 16.5 Å². The number of hydrogen-bond acceptors (Lipinski definition) is 1. The van der Waals surface area contributed by atoms with Crippen LogP contribution in [-0.4, -0.2) is 6.36 Å². The molecule has 0 N–H and O–H groups in total. The van der Waals surface area contributed by atoms with Crippen molar-refractivity contribution in [3.63, 3.8) is 0 Å². The van der Waals surface area contributed by atoms with E-state index < -0.39 is 6.36 Å². The summed E-state index contributed by atoms with van der Waals surface area (Å²) in [4.78, 5) is 0. The minimum atomic E-state index is -4.63. The molecular weight excluding hydrogens is 261 g/mol. The molecule has 0 amide bonds. The molecular formula is C9H8BrF3O. The smallest absolute Gasteiger partial charge is 0.405 e. The average Bonchev–Trinajstić information content (AvgIpc) is 2.01. The van der Waals surface area contributed by atoms with Crippen LogP contribution in [0.15, 0.2) is 22.7 Å². The maximum absolute atomic E-state index is 12.0. The van der Waals surface area contributed by atoms with Gasteiger partial charge in [0.2, 0.25) is 0 Å². The SMILES string of the molecule is CCc1ccc(Br)cc1OC(F)(F)F. The Labute approximate surface area is 88.0 Å². The summed E-state index contributed by atoms with van der Waals surface area (Å²) in [6, 6.07) is 4.60. The molecule has 0 aliphatic rings. The fourth-order valence-electron chi connectivity index (χ4n) is 1.04. The highest BCUT2D eigenvalue weighted by atomic mass is 79.9. The first-order valence-electron chi connectivity index (χ1n) is 3.96. The molecule has 0 radical (unpaired) electrons. The van der Waals surface area contributed by atoms with Gasteiger partial charge < -0.3 is 4.74 Å². The van der Waals surface area contributed by atoms with Crippen molar-refractivity contribution in [3.05, 3.63) is 28.2 Å².